The van der Waals surface area contributed by atoms with Gasteiger partial charge in [0.15, 0.2) is 5.58 Å². The highest BCUT2D eigenvalue weighted by atomic mass is 32.1. The van der Waals surface area contributed by atoms with E-state index in [1.807, 2.05) is 54.6 Å². The van der Waals surface area contributed by atoms with Crippen LogP contribution < -0.4 is 10.7 Å². The zero-order valence-corrected chi connectivity index (χ0v) is 13.6. The van der Waals surface area contributed by atoms with Crippen LogP contribution in [0.15, 0.2) is 63.8 Å². The van der Waals surface area contributed by atoms with Crippen LogP contribution in [0.25, 0.3) is 31.5 Å². The Kier molecular flexibility index (Phi) is 3.43. The van der Waals surface area contributed by atoms with E-state index in [0.717, 1.165) is 10.1 Å². The second kappa shape index (κ2) is 5.62. The molecular formula is C19H13NO3S. The van der Waals surface area contributed by atoms with Crippen LogP contribution in [-0.2, 0) is 4.79 Å². The van der Waals surface area contributed by atoms with Crippen LogP contribution in [0, 0.1) is 0 Å². The Morgan fingerprint density at radius 3 is 2.50 bits per heavy atom. The first kappa shape index (κ1) is 14.7. The SMILES string of the molecule is CC(=O)Nc1oc2c(sc3ccccc32)c(=O)c1-c1ccccc1. The van der Waals surface area contributed by atoms with Gasteiger partial charge in [-0.3, -0.25) is 14.9 Å². The average Bonchev–Trinajstić information content (AvgIpc) is 2.95. The van der Waals surface area contributed by atoms with Gasteiger partial charge in [-0.2, -0.15) is 0 Å². The number of nitrogens with one attached hydrogen (secondary N) is 1. The van der Waals surface area contributed by atoms with Gasteiger partial charge in [-0.25, -0.2) is 0 Å². The van der Waals surface area contributed by atoms with Crippen LogP contribution in [0.2, 0.25) is 0 Å². The van der Waals surface area contributed by atoms with Crippen molar-refractivity contribution < 1.29 is 9.21 Å². The maximum Gasteiger partial charge on any atom is 0.223 e. The molecule has 0 saturated heterocycles. The molecule has 4 nitrogen and oxygen atoms in total. The number of fused-ring (bicyclic) bond motifs is 3. The summed E-state index contributed by atoms with van der Waals surface area (Å²) in [6, 6.07) is 16.9. The molecule has 24 heavy (non-hydrogen) atoms. The lowest BCUT2D eigenvalue weighted by atomic mass is 10.1. The van der Waals surface area contributed by atoms with Gasteiger partial charge in [0, 0.05) is 17.0 Å². The average molecular weight is 335 g/mol. The molecule has 0 spiro atoms. The second-order valence-electron chi connectivity index (χ2n) is 5.44. The van der Waals surface area contributed by atoms with Crippen molar-refractivity contribution in [3.05, 3.63) is 64.8 Å². The highest BCUT2D eigenvalue weighted by Crippen LogP contribution is 2.36. The number of carbonyl (C=O) groups is 1. The molecule has 0 unspecified atom stereocenters. The van der Waals surface area contributed by atoms with E-state index < -0.39 is 0 Å². The summed E-state index contributed by atoms with van der Waals surface area (Å²) in [6.07, 6.45) is 0. The quantitative estimate of drug-likeness (QED) is 0.581. The Balaban J connectivity index is 2.13. The fourth-order valence-corrected chi connectivity index (χ4v) is 3.83. The van der Waals surface area contributed by atoms with Gasteiger partial charge in [-0.15, -0.1) is 11.3 Å². The molecule has 0 aliphatic carbocycles. The van der Waals surface area contributed by atoms with Gasteiger partial charge >= 0.3 is 0 Å². The molecule has 0 saturated carbocycles. The second-order valence-corrected chi connectivity index (χ2v) is 6.49. The van der Waals surface area contributed by atoms with E-state index in [1.54, 1.807) is 0 Å². The van der Waals surface area contributed by atoms with Crippen molar-refractivity contribution in [3.8, 4) is 11.1 Å². The Bertz CT molecular complexity index is 1130. The number of amides is 1. The summed E-state index contributed by atoms with van der Waals surface area (Å²) in [7, 11) is 0. The molecule has 0 fully saturated rings. The maximum atomic E-state index is 13.1. The number of thiophene rings is 1. The van der Waals surface area contributed by atoms with E-state index in [-0.39, 0.29) is 17.2 Å². The number of carbonyl (C=O) groups excluding carboxylic acids is 1. The normalized spacial score (nSPS) is 11.0. The van der Waals surface area contributed by atoms with E-state index in [0.29, 0.717) is 21.4 Å². The summed E-state index contributed by atoms with van der Waals surface area (Å²) in [6.45, 7) is 1.39. The van der Waals surface area contributed by atoms with Gasteiger partial charge in [-0.1, -0.05) is 42.5 Å². The molecule has 1 amide bonds. The largest absolute Gasteiger partial charge is 0.438 e. The van der Waals surface area contributed by atoms with Gasteiger partial charge in [-0.05, 0) is 17.7 Å². The molecule has 2 heterocycles. The lowest BCUT2D eigenvalue weighted by molar-refractivity contribution is -0.114. The van der Waals surface area contributed by atoms with E-state index in [1.165, 1.54) is 18.3 Å². The monoisotopic (exact) mass is 335 g/mol. The lowest BCUT2D eigenvalue weighted by Crippen LogP contribution is -2.12. The summed E-state index contributed by atoms with van der Waals surface area (Å²) in [5, 5.41) is 3.53. The van der Waals surface area contributed by atoms with Crippen LogP contribution in [0.4, 0.5) is 5.88 Å². The first-order valence-corrected chi connectivity index (χ1v) is 8.28. The van der Waals surface area contributed by atoms with Gasteiger partial charge < -0.3 is 4.42 Å². The van der Waals surface area contributed by atoms with Crippen LogP contribution in [-0.4, -0.2) is 5.91 Å². The van der Waals surface area contributed by atoms with Gasteiger partial charge in [0.1, 0.15) is 4.70 Å². The fraction of sp³-hybridized carbons (Fsp3) is 0.0526. The minimum atomic E-state index is -0.283. The van der Waals surface area contributed by atoms with E-state index in [9.17, 15) is 9.59 Å². The van der Waals surface area contributed by atoms with Crippen LogP contribution in [0.3, 0.4) is 0 Å². The smallest absolute Gasteiger partial charge is 0.223 e. The van der Waals surface area contributed by atoms with Gasteiger partial charge in [0.05, 0.1) is 5.56 Å². The third kappa shape index (κ3) is 2.30. The number of hydrogen-bond donors (Lipinski definition) is 1. The molecule has 0 aliphatic heterocycles. The van der Waals surface area contributed by atoms with Crippen molar-refractivity contribution in [2.75, 3.05) is 5.32 Å². The van der Waals surface area contributed by atoms with E-state index >= 15 is 0 Å². The predicted octanol–water partition coefficient (Wildman–Crippen LogP) is 4.63. The summed E-state index contributed by atoms with van der Waals surface area (Å²) in [4.78, 5) is 24.7. The van der Waals surface area contributed by atoms with Crippen molar-refractivity contribution in [2.45, 2.75) is 6.92 Å². The Morgan fingerprint density at radius 2 is 1.75 bits per heavy atom. The minimum absolute atomic E-state index is 0.132. The topological polar surface area (TPSA) is 59.3 Å². The highest BCUT2D eigenvalue weighted by molar-refractivity contribution is 7.25. The third-order valence-electron chi connectivity index (χ3n) is 3.77. The first-order chi connectivity index (χ1) is 11.6. The molecule has 5 heteroatoms. The van der Waals surface area contributed by atoms with Crippen molar-refractivity contribution in [2.24, 2.45) is 0 Å². The molecule has 2 aromatic heterocycles. The Hall–Kier alpha value is -2.92. The first-order valence-electron chi connectivity index (χ1n) is 7.46. The zero-order valence-electron chi connectivity index (χ0n) is 12.8. The van der Waals surface area contributed by atoms with Crippen molar-refractivity contribution in [3.63, 3.8) is 0 Å². The lowest BCUT2D eigenvalue weighted by Gasteiger charge is -2.08. The number of anilines is 1. The molecule has 0 atom stereocenters. The van der Waals surface area contributed by atoms with E-state index in [4.69, 9.17) is 4.42 Å². The molecule has 0 bridgehead atoms. The van der Waals surface area contributed by atoms with Crippen molar-refractivity contribution in [1.82, 2.24) is 0 Å². The van der Waals surface area contributed by atoms with Crippen LogP contribution in [0.5, 0.6) is 0 Å². The summed E-state index contributed by atoms with van der Waals surface area (Å²) in [5.41, 5.74) is 1.48. The molecule has 4 rings (SSSR count). The summed E-state index contributed by atoms with van der Waals surface area (Å²) < 4.78 is 7.51. The molecule has 2 aromatic carbocycles. The minimum Gasteiger partial charge on any atom is -0.438 e. The van der Waals surface area contributed by atoms with Gasteiger partial charge in [0.25, 0.3) is 0 Å². The number of benzene rings is 2. The van der Waals surface area contributed by atoms with Crippen molar-refractivity contribution >= 4 is 43.5 Å². The predicted molar refractivity (Wildman–Crippen MR) is 97.6 cm³/mol. The Morgan fingerprint density at radius 1 is 1.04 bits per heavy atom. The van der Waals surface area contributed by atoms with Crippen LogP contribution >= 0.6 is 11.3 Å². The molecule has 1 N–H and O–H groups in total. The number of hydrogen-bond acceptors (Lipinski definition) is 4. The van der Waals surface area contributed by atoms with Crippen LogP contribution in [0.1, 0.15) is 6.92 Å². The standard InChI is InChI=1S/C19H13NO3S/c1-11(21)20-19-15(12-7-3-2-4-8-12)16(22)18-17(23-19)13-9-5-6-10-14(13)24-18/h2-10H,1H3,(H,20,21). The molecule has 0 radical (unpaired) electrons. The molecule has 0 aliphatic rings. The van der Waals surface area contributed by atoms with E-state index in [2.05, 4.69) is 5.32 Å². The maximum absolute atomic E-state index is 13.1. The van der Waals surface area contributed by atoms with Gasteiger partial charge in [0.2, 0.25) is 17.2 Å². The highest BCUT2D eigenvalue weighted by Gasteiger charge is 2.20. The third-order valence-corrected chi connectivity index (χ3v) is 4.92. The molecular weight excluding hydrogens is 322 g/mol. The molecule has 118 valence electrons. The Labute approximate surface area is 141 Å². The molecule has 4 aromatic rings. The summed E-state index contributed by atoms with van der Waals surface area (Å²) >= 11 is 1.41. The zero-order chi connectivity index (χ0) is 16.7. The fourth-order valence-electron chi connectivity index (χ4n) is 2.76. The van der Waals surface area contributed by atoms with Crippen molar-refractivity contribution in [1.29, 1.82) is 0 Å². The number of rotatable bonds is 2. The summed E-state index contributed by atoms with van der Waals surface area (Å²) in [5.74, 6) is -0.0935.